The number of nitrogens with zero attached hydrogens (tertiary/aromatic N) is 2. The fourth-order valence-electron chi connectivity index (χ4n) is 10.3. The van der Waals surface area contributed by atoms with Crippen LogP contribution < -0.4 is 19.9 Å². The normalized spacial score (nSPS) is 17.9. The van der Waals surface area contributed by atoms with Crippen molar-refractivity contribution in [1.82, 2.24) is 9.97 Å². The fraction of sp³-hybridized carbons (Fsp3) is 0.545. The Hall–Kier alpha value is -4.28. The van der Waals surface area contributed by atoms with Crippen LogP contribution in [0, 0.1) is 31.6 Å². The standard InChI is InChI=1S/C55H73N4O5.Mg/c1-13-39-35(8)42-28-44-37(10)41(24-25-48(60)64-27-26-34(7)23-17-22-33(6)21-16-20-32(5)19-15-18-31(3)4)52(58-44)50-51(55(62)63-12)54(61)49-38(11)45(59-53(49)50)30-47-40(14-2)36(9)43(57-47)29-46(39)56-42;/h13,26,28-33,37,41,51H,1,14-25,27H2,2-12H3,(H-,56,57,58,59,61);/q-1;+2/p+1/b34-26-;. The molecule has 3 aliphatic rings. The minimum Gasteiger partial charge on any atom is -0.657 e. The van der Waals surface area contributed by atoms with Gasteiger partial charge in [0.25, 0.3) is 0 Å². The second kappa shape index (κ2) is 22.9. The monoisotopic (exact) mass is 895 g/mol. The van der Waals surface area contributed by atoms with Crippen LogP contribution in [-0.2, 0) is 19.1 Å². The van der Waals surface area contributed by atoms with E-state index < -0.39 is 11.9 Å². The minimum absolute atomic E-state index is 0. The Morgan fingerprint density at radius 3 is 2.15 bits per heavy atom. The van der Waals surface area contributed by atoms with E-state index >= 15 is 0 Å². The van der Waals surface area contributed by atoms with E-state index in [1.54, 1.807) is 0 Å². The summed E-state index contributed by atoms with van der Waals surface area (Å²) in [6, 6.07) is 6.14. The zero-order valence-corrected chi connectivity index (χ0v) is 42.8. The number of ketones is 1. The van der Waals surface area contributed by atoms with Gasteiger partial charge in [0.05, 0.1) is 18.9 Å². The van der Waals surface area contributed by atoms with Gasteiger partial charge in [0.15, 0.2) is 17.2 Å². The Morgan fingerprint density at radius 1 is 0.862 bits per heavy atom. The van der Waals surface area contributed by atoms with E-state index in [-0.39, 0.29) is 59.7 Å². The van der Waals surface area contributed by atoms with Gasteiger partial charge in [-0.05, 0) is 101 Å². The number of H-pyrrole nitrogens is 2. The van der Waals surface area contributed by atoms with Crippen molar-refractivity contribution in [3.63, 3.8) is 0 Å². The molecule has 0 aromatic carbocycles. The Kier molecular flexibility index (Phi) is 18.3. The van der Waals surface area contributed by atoms with Crippen molar-refractivity contribution in [1.29, 1.82) is 0 Å². The van der Waals surface area contributed by atoms with E-state index in [1.165, 1.54) is 57.6 Å². The second-order valence-electron chi connectivity index (χ2n) is 19.6. The summed E-state index contributed by atoms with van der Waals surface area (Å²) in [6.07, 6.45) is 16.6. The van der Waals surface area contributed by atoms with E-state index in [1.807, 2.05) is 25.1 Å². The first-order valence-corrected chi connectivity index (χ1v) is 24.1. The topological polar surface area (TPSA) is 126 Å². The van der Waals surface area contributed by atoms with Crippen LogP contribution in [0.15, 0.2) is 36.4 Å². The third kappa shape index (κ3) is 11.6. The molecule has 0 fully saturated rings. The Bertz CT molecular complexity index is 2490. The maximum absolute atomic E-state index is 14.4. The van der Waals surface area contributed by atoms with Gasteiger partial charge in [-0.1, -0.05) is 116 Å². The SMILES string of the molecule is C=Cc1c(C)c2cc3[nH+]c(c4c5[n-]c(cc6[nH+]c(cc1[n-]2)C(C)=C6CC)c(C)c5C(=O)C4C(=O)OC)C(CCC(=O)OC/C=C(/C)CCCC(C)CCCC(C)CCCC(C)C)C3C.[Mg+2]. The average molecular weight is 896 g/mol. The van der Waals surface area contributed by atoms with Gasteiger partial charge in [-0.3, -0.25) is 14.4 Å². The van der Waals surface area contributed by atoms with Gasteiger partial charge in [-0.2, -0.15) is 0 Å². The maximum Gasteiger partial charge on any atom is 2.00 e. The van der Waals surface area contributed by atoms with Crippen LogP contribution in [0.2, 0.25) is 0 Å². The number of ether oxygens (including phenoxy) is 2. The molecule has 65 heavy (non-hydrogen) atoms. The molecule has 2 aliphatic heterocycles. The number of carbonyl (C=O) groups is 3. The summed E-state index contributed by atoms with van der Waals surface area (Å²) in [6.45, 7) is 26.2. The quantitative estimate of drug-likeness (QED) is 0.0478. The zero-order valence-electron chi connectivity index (χ0n) is 41.4. The van der Waals surface area contributed by atoms with E-state index in [0.29, 0.717) is 39.8 Å². The molecule has 8 bridgehead atoms. The van der Waals surface area contributed by atoms with Gasteiger partial charge in [0, 0.05) is 28.7 Å². The molecular weight excluding hydrogens is 821 g/mol. The molecule has 5 unspecified atom stereocenters. The summed E-state index contributed by atoms with van der Waals surface area (Å²) in [5.74, 6) is -0.467. The first-order valence-electron chi connectivity index (χ1n) is 24.1. The molecule has 3 aromatic rings. The number of hydrogen-bond donors (Lipinski definition) is 0. The van der Waals surface area contributed by atoms with E-state index in [4.69, 9.17) is 19.4 Å². The Morgan fingerprint density at radius 2 is 1.51 bits per heavy atom. The van der Waals surface area contributed by atoms with Crippen molar-refractivity contribution >= 4 is 80.1 Å². The van der Waals surface area contributed by atoms with E-state index in [9.17, 15) is 14.4 Å². The van der Waals surface area contributed by atoms with Gasteiger partial charge in [-0.15, -0.1) is 22.1 Å². The number of Topliss-reactive ketones (excluding diaryl/α,β-unsaturated/α-hetero) is 1. The average Bonchev–Trinajstić information content (AvgIpc) is 3.99. The summed E-state index contributed by atoms with van der Waals surface area (Å²) >= 11 is 0. The number of esters is 2. The molecule has 0 spiro atoms. The van der Waals surface area contributed by atoms with Crippen molar-refractivity contribution in [2.45, 2.75) is 164 Å². The molecule has 1 aliphatic carbocycles. The molecule has 0 amide bonds. The van der Waals surface area contributed by atoms with Crippen molar-refractivity contribution in [3.8, 4) is 0 Å². The largest absolute Gasteiger partial charge is 2.00 e. The van der Waals surface area contributed by atoms with Crippen LogP contribution in [0.3, 0.4) is 0 Å². The summed E-state index contributed by atoms with van der Waals surface area (Å²) < 4.78 is 11.1. The van der Waals surface area contributed by atoms with Crippen molar-refractivity contribution in [2.24, 2.45) is 17.8 Å². The molecule has 5 atom stereocenters. The maximum atomic E-state index is 14.4. The molecule has 10 heteroatoms. The fourth-order valence-corrected chi connectivity index (χ4v) is 10.3. The number of fused-ring (bicyclic) bond motifs is 8. The predicted octanol–water partition coefficient (Wildman–Crippen LogP) is 11.7. The first kappa shape index (κ1) is 51.7. The number of aryl methyl sites for hydroxylation is 2. The molecule has 5 heterocycles. The second-order valence-corrected chi connectivity index (χ2v) is 19.6. The van der Waals surface area contributed by atoms with Crippen LogP contribution in [-0.4, -0.2) is 54.5 Å². The Balaban J connectivity index is 0.00000793. The summed E-state index contributed by atoms with van der Waals surface area (Å²) in [4.78, 5) is 59.0. The number of nitrogens with one attached hydrogen (secondary N) is 2. The molecule has 2 N–H and O–H groups in total. The molecule has 0 saturated heterocycles. The molecule has 0 radical (unpaired) electrons. The number of carbonyl (C=O) groups excluding carboxylic acids is 3. The van der Waals surface area contributed by atoms with Gasteiger partial charge < -0.3 is 19.4 Å². The number of allylic oxidation sites excluding steroid dienone is 3. The van der Waals surface area contributed by atoms with Crippen LogP contribution in [0.4, 0.5) is 0 Å². The zero-order chi connectivity index (χ0) is 46.4. The summed E-state index contributed by atoms with van der Waals surface area (Å²) in [5.41, 5.74) is 13.3. The molecule has 0 saturated carbocycles. The number of rotatable bonds is 20. The van der Waals surface area contributed by atoms with Crippen LogP contribution in [0.5, 0.6) is 0 Å². The van der Waals surface area contributed by atoms with Crippen LogP contribution in [0.1, 0.15) is 206 Å². The summed E-state index contributed by atoms with van der Waals surface area (Å²) in [7, 11) is 1.31. The number of aromatic amines is 2. The third-order valence-corrected chi connectivity index (χ3v) is 14.4. The van der Waals surface area contributed by atoms with Crippen LogP contribution in [0.25, 0.3) is 39.3 Å². The smallest absolute Gasteiger partial charge is 0.657 e. The number of aromatic nitrogens is 4. The van der Waals surface area contributed by atoms with E-state index in [0.717, 1.165) is 87.4 Å². The first-order chi connectivity index (χ1) is 30.6. The minimum atomic E-state index is -1.18. The summed E-state index contributed by atoms with van der Waals surface area (Å²) in [5, 5.41) is 0. The van der Waals surface area contributed by atoms with Gasteiger partial charge >= 0.3 is 35.0 Å². The Labute approximate surface area is 404 Å². The third-order valence-electron chi connectivity index (χ3n) is 14.4. The molecule has 3 aromatic heterocycles. The number of hydrogen-bond acceptors (Lipinski definition) is 5. The molecule has 9 nitrogen and oxygen atoms in total. The number of methoxy groups -OCH3 is 1. The van der Waals surface area contributed by atoms with E-state index in [2.05, 4.69) is 91.0 Å². The predicted molar refractivity (Wildman–Crippen MR) is 263 cm³/mol. The van der Waals surface area contributed by atoms with Gasteiger partial charge in [0.2, 0.25) is 11.4 Å². The molecule has 6 rings (SSSR count). The molecule has 344 valence electrons. The van der Waals surface area contributed by atoms with Crippen molar-refractivity contribution < 1.29 is 33.8 Å². The van der Waals surface area contributed by atoms with Gasteiger partial charge in [-0.25, -0.2) is 9.97 Å². The van der Waals surface area contributed by atoms with Crippen LogP contribution >= 0.6 is 0 Å². The van der Waals surface area contributed by atoms with Crippen molar-refractivity contribution in [3.05, 3.63) is 87.0 Å². The van der Waals surface area contributed by atoms with Gasteiger partial charge in [0.1, 0.15) is 12.5 Å². The molecular formula is C55H74MgN4O5+2. The van der Waals surface area contributed by atoms with Crippen molar-refractivity contribution in [2.75, 3.05) is 13.7 Å².